The molecule has 0 atom stereocenters. The summed E-state index contributed by atoms with van der Waals surface area (Å²) < 4.78 is 5.62. The van der Waals surface area contributed by atoms with E-state index in [1.54, 1.807) is 18.2 Å². The van der Waals surface area contributed by atoms with Gasteiger partial charge in [-0.05, 0) is 12.1 Å². The largest absolute Gasteiger partial charge is 0.439 e. The second-order valence-electron chi connectivity index (χ2n) is 4.89. The molecule has 3 rings (SSSR count). The molecule has 0 aliphatic carbocycles. The Kier molecular flexibility index (Phi) is 4.57. The van der Waals surface area contributed by atoms with E-state index in [9.17, 15) is 10.1 Å². The molecule has 0 radical (unpaired) electrons. The lowest BCUT2D eigenvalue weighted by Gasteiger charge is -2.06. The molecule has 3 aromatic rings. The first-order valence-electron chi connectivity index (χ1n) is 6.95. The van der Waals surface area contributed by atoms with Crippen LogP contribution in [-0.2, 0) is 0 Å². The fourth-order valence-corrected chi connectivity index (χ4v) is 2.55. The Morgan fingerprint density at radius 2 is 1.83 bits per heavy atom. The van der Waals surface area contributed by atoms with Crippen LogP contribution in [0.4, 0.5) is 5.88 Å². The highest BCUT2D eigenvalue weighted by atomic mass is 35.5. The first kappa shape index (κ1) is 16.1. The van der Waals surface area contributed by atoms with E-state index in [-0.39, 0.29) is 27.1 Å². The topological polar surface area (TPSA) is 66.0 Å². The number of nitrogens with one attached hydrogen (secondary N) is 1. The number of amides is 1. The van der Waals surface area contributed by atoms with E-state index in [1.807, 2.05) is 36.4 Å². The normalized spacial score (nSPS) is 10.2. The first-order chi connectivity index (χ1) is 11.6. The molecule has 0 spiro atoms. The van der Waals surface area contributed by atoms with Gasteiger partial charge in [0.2, 0.25) is 5.88 Å². The molecule has 1 N–H and O–H groups in total. The lowest BCUT2D eigenvalue weighted by Crippen LogP contribution is -2.12. The Labute approximate surface area is 148 Å². The number of benzene rings is 2. The molecule has 0 bridgehead atoms. The molecular weight excluding hydrogens is 347 g/mol. The highest BCUT2D eigenvalue weighted by Gasteiger charge is 2.18. The number of hydrogen-bond acceptors (Lipinski definition) is 3. The van der Waals surface area contributed by atoms with E-state index >= 15 is 0 Å². The summed E-state index contributed by atoms with van der Waals surface area (Å²) in [5.74, 6) is 0.0463. The predicted molar refractivity (Wildman–Crippen MR) is 93.3 cm³/mol. The van der Waals surface area contributed by atoms with Crippen molar-refractivity contribution in [3.05, 3.63) is 75.8 Å². The van der Waals surface area contributed by atoms with Gasteiger partial charge in [-0.1, -0.05) is 59.6 Å². The molecular formula is C18H10Cl2N2O2. The van der Waals surface area contributed by atoms with Crippen LogP contribution in [0.2, 0.25) is 10.0 Å². The van der Waals surface area contributed by atoms with Crippen LogP contribution in [0, 0.1) is 11.3 Å². The summed E-state index contributed by atoms with van der Waals surface area (Å²) in [7, 11) is 0. The zero-order valence-corrected chi connectivity index (χ0v) is 13.7. The van der Waals surface area contributed by atoms with Crippen molar-refractivity contribution in [1.29, 1.82) is 5.26 Å². The third-order valence-electron chi connectivity index (χ3n) is 3.33. The number of nitrogens with zero attached hydrogens (tertiary/aromatic N) is 1. The van der Waals surface area contributed by atoms with Gasteiger partial charge in [-0.25, -0.2) is 0 Å². The molecule has 24 heavy (non-hydrogen) atoms. The first-order valence-corrected chi connectivity index (χ1v) is 7.70. The van der Waals surface area contributed by atoms with Gasteiger partial charge in [0, 0.05) is 11.6 Å². The number of nitriles is 1. The van der Waals surface area contributed by atoms with E-state index < -0.39 is 5.91 Å². The van der Waals surface area contributed by atoms with Gasteiger partial charge in [-0.2, -0.15) is 5.26 Å². The monoisotopic (exact) mass is 356 g/mol. The molecule has 0 unspecified atom stereocenters. The SMILES string of the molecule is N#Cc1cc(-c2ccccc2)oc1NC(=O)c1cccc(Cl)c1Cl. The molecule has 0 aliphatic heterocycles. The summed E-state index contributed by atoms with van der Waals surface area (Å²) >= 11 is 12.0. The highest BCUT2D eigenvalue weighted by Crippen LogP contribution is 2.30. The van der Waals surface area contributed by atoms with Crippen LogP contribution in [0.25, 0.3) is 11.3 Å². The lowest BCUT2D eigenvalue weighted by molar-refractivity contribution is 0.102. The van der Waals surface area contributed by atoms with Crippen LogP contribution < -0.4 is 5.32 Å². The molecule has 118 valence electrons. The third-order valence-corrected chi connectivity index (χ3v) is 4.15. The van der Waals surface area contributed by atoms with Gasteiger partial charge in [0.05, 0.1) is 15.6 Å². The summed E-state index contributed by atoms with van der Waals surface area (Å²) in [4.78, 5) is 12.4. The van der Waals surface area contributed by atoms with Crippen LogP contribution in [0.3, 0.4) is 0 Å². The Bertz CT molecular complexity index is 943. The van der Waals surface area contributed by atoms with Gasteiger partial charge >= 0.3 is 0 Å². The van der Waals surface area contributed by atoms with Crippen molar-refractivity contribution < 1.29 is 9.21 Å². The second kappa shape index (κ2) is 6.79. The zero-order chi connectivity index (χ0) is 17.1. The van der Waals surface area contributed by atoms with E-state index in [0.29, 0.717) is 5.76 Å². The molecule has 2 aromatic carbocycles. The van der Waals surface area contributed by atoms with Crippen molar-refractivity contribution in [2.45, 2.75) is 0 Å². The van der Waals surface area contributed by atoms with Crippen LogP contribution in [-0.4, -0.2) is 5.91 Å². The van der Waals surface area contributed by atoms with E-state index in [4.69, 9.17) is 27.6 Å². The van der Waals surface area contributed by atoms with Crippen molar-refractivity contribution in [1.82, 2.24) is 0 Å². The highest BCUT2D eigenvalue weighted by molar-refractivity contribution is 6.44. The maximum absolute atomic E-state index is 12.4. The molecule has 0 saturated heterocycles. The quantitative estimate of drug-likeness (QED) is 0.685. The zero-order valence-electron chi connectivity index (χ0n) is 12.2. The van der Waals surface area contributed by atoms with Crippen molar-refractivity contribution in [2.24, 2.45) is 0 Å². The number of hydrogen-bond donors (Lipinski definition) is 1. The standard InChI is InChI=1S/C18H10Cl2N2O2/c19-14-8-4-7-13(16(14)20)17(23)22-18-12(10-21)9-15(24-18)11-5-2-1-3-6-11/h1-9H,(H,22,23). The Morgan fingerprint density at radius 1 is 1.08 bits per heavy atom. The molecule has 0 saturated carbocycles. The molecule has 4 nitrogen and oxygen atoms in total. The number of rotatable bonds is 3. The minimum atomic E-state index is -0.507. The van der Waals surface area contributed by atoms with E-state index in [2.05, 4.69) is 5.32 Å². The maximum atomic E-state index is 12.4. The van der Waals surface area contributed by atoms with E-state index in [1.165, 1.54) is 6.07 Å². The summed E-state index contributed by atoms with van der Waals surface area (Å²) in [5.41, 5.74) is 1.22. The minimum Gasteiger partial charge on any atom is -0.439 e. The van der Waals surface area contributed by atoms with Crippen LogP contribution in [0.5, 0.6) is 0 Å². The molecule has 1 aromatic heterocycles. The molecule has 1 heterocycles. The number of carbonyl (C=O) groups excluding carboxylic acids is 1. The molecule has 0 fully saturated rings. The Morgan fingerprint density at radius 3 is 2.54 bits per heavy atom. The number of furan rings is 1. The van der Waals surface area contributed by atoms with Crippen molar-refractivity contribution in [3.63, 3.8) is 0 Å². The van der Waals surface area contributed by atoms with E-state index in [0.717, 1.165) is 5.56 Å². The molecule has 6 heteroatoms. The Hall–Kier alpha value is -2.74. The van der Waals surface area contributed by atoms with Gasteiger partial charge in [0.25, 0.3) is 5.91 Å². The molecule has 1 amide bonds. The third kappa shape index (κ3) is 3.13. The number of carbonyl (C=O) groups is 1. The van der Waals surface area contributed by atoms with Crippen LogP contribution >= 0.6 is 23.2 Å². The average Bonchev–Trinajstić information content (AvgIpc) is 3.01. The van der Waals surface area contributed by atoms with Crippen molar-refractivity contribution in [2.75, 3.05) is 5.32 Å². The van der Waals surface area contributed by atoms with Crippen LogP contribution in [0.15, 0.2) is 59.0 Å². The summed E-state index contributed by atoms with van der Waals surface area (Å²) in [6.45, 7) is 0. The summed E-state index contributed by atoms with van der Waals surface area (Å²) in [6.07, 6.45) is 0. The average molecular weight is 357 g/mol. The van der Waals surface area contributed by atoms with Crippen molar-refractivity contribution in [3.8, 4) is 17.4 Å². The Balaban J connectivity index is 1.93. The lowest BCUT2D eigenvalue weighted by atomic mass is 10.1. The van der Waals surface area contributed by atoms with Gasteiger partial charge in [0.15, 0.2) is 0 Å². The summed E-state index contributed by atoms with van der Waals surface area (Å²) in [6, 6.07) is 17.6. The fraction of sp³-hybridized carbons (Fsp3) is 0. The summed E-state index contributed by atoms with van der Waals surface area (Å²) in [5, 5.41) is 12.2. The predicted octanol–water partition coefficient (Wildman–Crippen LogP) is 5.38. The molecule has 0 aliphatic rings. The minimum absolute atomic E-state index is 0.0670. The number of halogens is 2. The van der Waals surface area contributed by atoms with Crippen molar-refractivity contribution >= 4 is 35.0 Å². The smallest absolute Gasteiger partial charge is 0.259 e. The second-order valence-corrected chi connectivity index (χ2v) is 5.67. The van der Waals surface area contributed by atoms with Gasteiger partial charge < -0.3 is 4.42 Å². The van der Waals surface area contributed by atoms with Gasteiger partial charge in [-0.3, -0.25) is 10.1 Å². The fourth-order valence-electron chi connectivity index (χ4n) is 2.16. The maximum Gasteiger partial charge on any atom is 0.259 e. The van der Waals surface area contributed by atoms with Crippen LogP contribution in [0.1, 0.15) is 15.9 Å². The number of anilines is 1. The van der Waals surface area contributed by atoms with Gasteiger partial charge in [-0.15, -0.1) is 0 Å². The van der Waals surface area contributed by atoms with Gasteiger partial charge in [0.1, 0.15) is 17.4 Å².